The van der Waals surface area contributed by atoms with Gasteiger partial charge in [0.15, 0.2) is 12.4 Å². The lowest BCUT2D eigenvalue weighted by molar-refractivity contribution is -0.123. The van der Waals surface area contributed by atoms with Gasteiger partial charge in [-0.2, -0.15) is 0 Å². The zero-order valence-corrected chi connectivity index (χ0v) is 14.4. The first-order valence-corrected chi connectivity index (χ1v) is 8.77. The molecule has 0 spiro atoms. The zero-order chi connectivity index (χ0) is 17.2. The monoisotopic (exact) mass is 333 g/mol. The van der Waals surface area contributed by atoms with Gasteiger partial charge in [-0.15, -0.1) is 0 Å². The van der Waals surface area contributed by atoms with E-state index in [1.807, 2.05) is 0 Å². The maximum atomic E-state index is 11.7. The van der Waals surface area contributed by atoms with Crippen LogP contribution in [0.3, 0.4) is 0 Å². The number of carbonyl (C=O) groups excluding carboxylic acids is 2. The van der Waals surface area contributed by atoms with Gasteiger partial charge < -0.3 is 14.8 Å². The summed E-state index contributed by atoms with van der Waals surface area (Å²) in [4.78, 5) is 22.9. The number of Topliss-reactive ketones (excluding diaryl/α,β-unsaturated/α-hetero) is 1. The number of hydrogen-bond acceptors (Lipinski definition) is 4. The normalized spacial score (nSPS) is 15.0. The molecule has 24 heavy (non-hydrogen) atoms. The lowest BCUT2D eigenvalue weighted by Gasteiger charge is -2.21. The van der Waals surface area contributed by atoms with Crippen molar-refractivity contribution in [1.82, 2.24) is 5.32 Å². The minimum absolute atomic E-state index is 0.00902. The molecule has 1 fully saturated rings. The Morgan fingerprint density at radius 1 is 1.12 bits per heavy atom. The number of benzene rings is 1. The van der Waals surface area contributed by atoms with Crippen LogP contribution in [0, 0.1) is 0 Å². The number of amides is 1. The third-order valence-corrected chi connectivity index (χ3v) is 4.18. The van der Waals surface area contributed by atoms with E-state index in [1.54, 1.807) is 24.3 Å². The van der Waals surface area contributed by atoms with E-state index >= 15 is 0 Å². The standard InChI is InChI=1S/C19H27NO4/c1-15(21)16-8-10-18(11-9-16)24-14-19(22)20-12-5-13-23-17-6-3-2-4-7-17/h8-11,17H,2-7,12-14H2,1H3,(H,20,22). The van der Waals surface area contributed by atoms with Crippen LogP contribution in [0.15, 0.2) is 24.3 Å². The summed E-state index contributed by atoms with van der Waals surface area (Å²) in [5, 5.41) is 2.82. The number of nitrogens with one attached hydrogen (secondary N) is 1. The molecule has 1 aliphatic rings. The van der Waals surface area contributed by atoms with E-state index in [0.717, 1.165) is 6.42 Å². The van der Waals surface area contributed by atoms with Crippen LogP contribution in [0.5, 0.6) is 5.75 Å². The average Bonchev–Trinajstić information content (AvgIpc) is 2.61. The van der Waals surface area contributed by atoms with Crippen molar-refractivity contribution in [3.05, 3.63) is 29.8 Å². The Kier molecular flexibility index (Phi) is 7.75. The summed E-state index contributed by atoms with van der Waals surface area (Å²) in [6.07, 6.45) is 7.43. The molecule has 0 saturated heterocycles. The fraction of sp³-hybridized carbons (Fsp3) is 0.579. The first-order chi connectivity index (χ1) is 11.6. The predicted molar refractivity (Wildman–Crippen MR) is 92.4 cm³/mol. The first kappa shape index (κ1) is 18.5. The van der Waals surface area contributed by atoms with Crippen LogP contribution in [0.4, 0.5) is 0 Å². The molecular formula is C19H27NO4. The third-order valence-electron chi connectivity index (χ3n) is 4.18. The van der Waals surface area contributed by atoms with Gasteiger partial charge in [-0.25, -0.2) is 0 Å². The van der Waals surface area contributed by atoms with E-state index in [4.69, 9.17) is 9.47 Å². The van der Waals surface area contributed by atoms with Crippen molar-refractivity contribution in [2.45, 2.75) is 51.6 Å². The Bertz CT molecular complexity index is 521. The Labute approximate surface area is 143 Å². The SMILES string of the molecule is CC(=O)c1ccc(OCC(=O)NCCCOC2CCCCC2)cc1. The molecule has 1 aromatic rings. The van der Waals surface area contributed by atoms with Crippen LogP contribution in [-0.4, -0.2) is 37.6 Å². The highest BCUT2D eigenvalue weighted by molar-refractivity contribution is 5.94. The van der Waals surface area contributed by atoms with Gasteiger partial charge in [0, 0.05) is 18.7 Å². The minimum Gasteiger partial charge on any atom is -0.484 e. The maximum Gasteiger partial charge on any atom is 0.257 e. The summed E-state index contributed by atoms with van der Waals surface area (Å²) in [5.41, 5.74) is 0.629. The molecule has 0 bridgehead atoms. The van der Waals surface area contributed by atoms with Crippen molar-refractivity contribution in [1.29, 1.82) is 0 Å². The summed E-state index contributed by atoms with van der Waals surface area (Å²) in [6, 6.07) is 6.78. The summed E-state index contributed by atoms with van der Waals surface area (Å²) >= 11 is 0. The van der Waals surface area contributed by atoms with Gasteiger partial charge in [0.2, 0.25) is 0 Å². The molecule has 5 heteroatoms. The van der Waals surface area contributed by atoms with E-state index in [9.17, 15) is 9.59 Å². The molecule has 2 rings (SSSR count). The van der Waals surface area contributed by atoms with Crippen LogP contribution < -0.4 is 10.1 Å². The third kappa shape index (κ3) is 6.71. The van der Waals surface area contributed by atoms with Crippen LogP contribution in [-0.2, 0) is 9.53 Å². The summed E-state index contributed by atoms with van der Waals surface area (Å²) in [7, 11) is 0. The second kappa shape index (κ2) is 10.1. The second-order valence-electron chi connectivity index (χ2n) is 6.20. The van der Waals surface area contributed by atoms with E-state index in [2.05, 4.69) is 5.32 Å². The molecule has 5 nitrogen and oxygen atoms in total. The molecule has 0 radical (unpaired) electrons. The molecule has 132 valence electrons. The Morgan fingerprint density at radius 2 is 1.83 bits per heavy atom. The van der Waals surface area contributed by atoms with Crippen molar-refractivity contribution < 1.29 is 19.1 Å². The number of ketones is 1. The van der Waals surface area contributed by atoms with Gasteiger partial charge >= 0.3 is 0 Å². The van der Waals surface area contributed by atoms with Crippen LogP contribution >= 0.6 is 0 Å². The van der Waals surface area contributed by atoms with Crippen molar-refractivity contribution in [3.8, 4) is 5.75 Å². The van der Waals surface area contributed by atoms with Gasteiger partial charge in [-0.1, -0.05) is 19.3 Å². The van der Waals surface area contributed by atoms with Crippen molar-refractivity contribution in [2.75, 3.05) is 19.8 Å². The second-order valence-corrected chi connectivity index (χ2v) is 6.20. The highest BCUT2D eigenvalue weighted by Crippen LogP contribution is 2.20. The predicted octanol–water partition coefficient (Wildman–Crippen LogP) is 3.12. The molecule has 0 aromatic heterocycles. The molecule has 0 heterocycles. The molecule has 1 amide bonds. The van der Waals surface area contributed by atoms with Crippen LogP contribution in [0.2, 0.25) is 0 Å². The average molecular weight is 333 g/mol. The highest BCUT2D eigenvalue weighted by Gasteiger charge is 2.13. The van der Waals surface area contributed by atoms with E-state index in [0.29, 0.717) is 30.6 Å². The zero-order valence-electron chi connectivity index (χ0n) is 14.4. The van der Waals surface area contributed by atoms with Gasteiger partial charge in [0.1, 0.15) is 5.75 Å². The van der Waals surface area contributed by atoms with E-state index < -0.39 is 0 Å². The van der Waals surface area contributed by atoms with Gasteiger partial charge in [-0.05, 0) is 50.5 Å². The molecule has 1 aromatic carbocycles. The summed E-state index contributed by atoms with van der Waals surface area (Å²) in [6.45, 7) is 2.78. The van der Waals surface area contributed by atoms with Gasteiger partial charge in [0.05, 0.1) is 6.10 Å². The van der Waals surface area contributed by atoms with Crippen molar-refractivity contribution in [2.24, 2.45) is 0 Å². The molecule has 0 unspecified atom stereocenters. The van der Waals surface area contributed by atoms with Crippen molar-refractivity contribution >= 4 is 11.7 Å². The first-order valence-electron chi connectivity index (χ1n) is 8.77. The fourth-order valence-electron chi connectivity index (χ4n) is 2.77. The number of ether oxygens (including phenoxy) is 2. The Balaban J connectivity index is 1.53. The number of carbonyl (C=O) groups is 2. The van der Waals surface area contributed by atoms with Gasteiger partial charge in [-0.3, -0.25) is 9.59 Å². The molecule has 1 N–H and O–H groups in total. The van der Waals surface area contributed by atoms with Crippen molar-refractivity contribution in [3.63, 3.8) is 0 Å². The molecule has 0 aliphatic heterocycles. The number of hydrogen-bond donors (Lipinski definition) is 1. The Morgan fingerprint density at radius 3 is 2.50 bits per heavy atom. The molecule has 1 aliphatic carbocycles. The topological polar surface area (TPSA) is 64.6 Å². The number of rotatable bonds is 9. The lowest BCUT2D eigenvalue weighted by Crippen LogP contribution is -2.30. The smallest absolute Gasteiger partial charge is 0.257 e. The van der Waals surface area contributed by atoms with E-state index in [-0.39, 0.29) is 18.3 Å². The molecule has 0 atom stereocenters. The Hall–Kier alpha value is -1.88. The molecular weight excluding hydrogens is 306 g/mol. The molecule has 1 saturated carbocycles. The van der Waals surface area contributed by atoms with Crippen LogP contribution in [0.25, 0.3) is 0 Å². The lowest BCUT2D eigenvalue weighted by atomic mass is 9.98. The summed E-state index contributed by atoms with van der Waals surface area (Å²) < 4.78 is 11.2. The fourth-order valence-corrected chi connectivity index (χ4v) is 2.77. The largest absolute Gasteiger partial charge is 0.484 e. The summed E-state index contributed by atoms with van der Waals surface area (Å²) in [5.74, 6) is 0.439. The maximum absolute atomic E-state index is 11.7. The van der Waals surface area contributed by atoms with E-state index in [1.165, 1.54) is 39.0 Å². The van der Waals surface area contributed by atoms with Gasteiger partial charge in [0.25, 0.3) is 5.91 Å². The quantitative estimate of drug-likeness (QED) is 0.557. The van der Waals surface area contributed by atoms with Crippen LogP contribution in [0.1, 0.15) is 55.8 Å². The highest BCUT2D eigenvalue weighted by atomic mass is 16.5. The minimum atomic E-state index is -0.150.